The molecule has 0 radical (unpaired) electrons. The summed E-state index contributed by atoms with van der Waals surface area (Å²) in [4.78, 5) is 44.9. The molecular weight excluding hydrogens is 1290 g/mol. The van der Waals surface area contributed by atoms with Crippen molar-refractivity contribution in [3.05, 3.63) is 225 Å². The first-order chi connectivity index (χ1) is 45.8. The monoisotopic (exact) mass is 1420 g/mol. The van der Waals surface area contributed by atoms with Crippen LogP contribution in [0.15, 0.2) is 159 Å². The summed E-state index contributed by atoms with van der Waals surface area (Å²) in [7, 11) is 3.32. The summed E-state index contributed by atoms with van der Waals surface area (Å²) in [5.41, 5.74) is 13.9. The van der Waals surface area contributed by atoms with Gasteiger partial charge in [-0.05, 0) is 156 Å². The molecule has 6 aromatic rings. The van der Waals surface area contributed by atoms with Crippen molar-refractivity contribution in [1.29, 1.82) is 0 Å². The van der Waals surface area contributed by atoms with Crippen molar-refractivity contribution >= 4 is 40.6 Å². The fraction of sp³-hybridized carbons (Fsp3) is 0.544. The van der Waals surface area contributed by atoms with Crippen LogP contribution in [0.3, 0.4) is 0 Å². The van der Waals surface area contributed by atoms with Crippen molar-refractivity contribution in [3.8, 4) is 0 Å². The molecule has 0 saturated carbocycles. The van der Waals surface area contributed by atoms with Crippen molar-refractivity contribution in [3.63, 3.8) is 0 Å². The van der Waals surface area contributed by atoms with Crippen LogP contribution in [0.2, 0.25) is 0 Å². The van der Waals surface area contributed by atoms with Crippen LogP contribution >= 0.6 is 23.5 Å². The Labute approximate surface area is 624 Å². The second kappa shape index (κ2) is 40.0. The summed E-state index contributed by atoms with van der Waals surface area (Å²) in [5.74, 6) is 2.28. The molecule has 0 aliphatic carbocycles. The minimum Gasteiger partial charge on any atom is -0.501 e. The molecule has 0 N–H and O–H groups in total. The van der Waals surface area contributed by atoms with Gasteiger partial charge >= 0.3 is 11.9 Å². The first-order valence-electron chi connectivity index (χ1n) is 35.8. The van der Waals surface area contributed by atoms with E-state index in [4.69, 9.17) is 18.9 Å². The zero-order valence-corrected chi connectivity index (χ0v) is 70.8. The summed E-state index contributed by atoms with van der Waals surface area (Å²) in [6.45, 7) is 71.6. The fourth-order valence-corrected chi connectivity index (χ4v) is 12.0. The van der Waals surface area contributed by atoms with Gasteiger partial charge in [-0.1, -0.05) is 288 Å². The topological polar surface area (TPSA) is 114 Å². The predicted molar refractivity (Wildman–Crippen MR) is 437 cm³/mol. The second-order valence-electron chi connectivity index (χ2n) is 36.8. The number of esters is 2. The standard InChI is InChI=1S/C16H24O2.C16H24OS.C16H26S.C15H23NO2.C14H20O.C13H19NO/c2*1-15(2,3)11-12-9-7-8-10-13(12)14(17)18-16(4,5)6;1-15(2,3)11-13-9-7-8-10-14(13)12-17-16(4,5)6;1-14(2,3)12-10-16-8-7-11(12)9-13(17)18-15(4,5)6;1-11(15-5)10-12-8-6-7-9-13(12)14(2,3)4;1-10(15-5)9-11-7-6-8-14-12(11)13(2,3)4/h2*7-10H,11H2,1-6H3;7-10H,11-12H2,1-6H3;7-8,10H,9H2,1-6H3;6-9H,1,10H2,2-5H3;6-8H,1,9H2,2-5H3. The quantitative estimate of drug-likeness (QED) is 0.0723. The molecule has 0 aliphatic heterocycles. The number of methoxy groups -OCH3 is 2. The highest BCUT2D eigenvalue weighted by molar-refractivity contribution is 8.15. The van der Waals surface area contributed by atoms with Gasteiger partial charge in [0, 0.05) is 63.4 Å². The maximum Gasteiger partial charge on any atom is 0.338 e. The zero-order valence-electron chi connectivity index (χ0n) is 69.1. The number of hydrogen-bond donors (Lipinski definition) is 0. The lowest BCUT2D eigenvalue weighted by atomic mass is 9.83. The highest BCUT2D eigenvalue weighted by atomic mass is 32.2. The number of aromatic nitrogens is 2. The van der Waals surface area contributed by atoms with E-state index >= 15 is 0 Å². The third-order valence-corrected chi connectivity index (χ3v) is 16.8. The summed E-state index contributed by atoms with van der Waals surface area (Å²) < 4.78 is 21.3. The Morgan fingerprint density at radius 2 is 0.792 bits per heavy atom. The summed E-state index contributed by atoms with van der Waals surface area (Å²) in [6.07, 6.45) is 10.2. The van der Waals surface area contributed by atoms with Crippen molar-refractivity contribution in [2.24, 2.45) is 16.2 Å². The Bertz CT molecular complexity index is 3370. The molecule has 4 aromatic carbocycles. The third-order valence-electron chi connectivity index (χ3n) is 14.5. The molecule has 0 fully saturated rings. The molecule has 0 aliphatic rings. The smallest absolute Gasteiger partial charge is 0.338 e. The van der Waals surface area contributed by atoms with E-state index in [1.165, 1.54) is 39.6 Å². The van der Waals surface area contributed by atoms with Gasteiger partial charge in [0.05, 0.1) is 37.7 Å². The molecule has 6 rings (SSSR count). The van der Waals surface area contributed by atoms with Crippen LogP contribution in [0.1, 0.15) is 284 Å². The van der Waals surface area contributed by atoms with E-state index in [-0.39, 0.29) is 48.9 Å². The Balaban J connectivity index is 0.000000607. The largest absolute Gasteiger partial charge is 0.501 e. The number of thioether (sulfide) groups is 2. The van der Waals surface area contributed by atoms with Crippen molar-refractivity contribution in [1.82, 2.24) is 9.97 Å². The van der Waals surface area contributed by atoms with Gasteiger partial charge in [-0.25, -0.2) is 4.79 Å². The number of carbonyl (C=O) groups excluding carboxylic acids is 3. The van der Waals surface area contributed by atoms with Gasteiger partial charge in [0.2, 0.25) is 5.12 Å². The molecule has 0 spiro atoms. The average molecular weight is 1420 g/mol. The molecule has 0 atom stereocenters. The van der Waals surface area contributed by atoms with Crippen LogP contribution in [0.5, 0.6) is 0 Å². The molecule has 0 saturated heterocycles. The first kappa shape index (κ1) is 92.6. The Hall–Kier alpha value is -6.43. The van der Waals surface area contributed by atoms with Gasteiger partial charge in [0.15, 0.2) is 0 Å². The van der Waals surface area contributed by atoms with Crippen molar-refractivity contribution < 1.29 is 33.3 Å². The summed E-state index contributed by atoms with van der Waals surface area (Å²) >= 11 is 3.44. The minimum atomic E-state index is -0.452. The fourth-order valence-electron chi connectivity index (χ4n) is 10.3. The van der Waals surface area contributed by atoms with Crippen LogP contribution in [0.4, 0.5) is 0 Å². The van der Waals surface area contributed by atoms with E-state index in [2.05, 4.69) is 250 Å². The Morgan fingerprint density at radius 1 is 0.396 bits per heavy atom. The molecule has 101 heavy (non-hydrogen) atoms. The van der Waals surface area contributed by atoms with Crippen LogP contribution < -0.4 is 0 Å². The lowest BCUT2D eigenvalue weighted by molar-refractivity contribution is -0.153. The van der Waals surface area contributed by atoms with E-state index in [1.807, 2.05) is 120 Å². The molecule has 2 heterocycles. The molecular formula is C90H136N2O7S2. The van der Waals surface area contributed by atoms with Crippen molar-refractivity contribution in [2.45, 2.75) is 289 Å². The lowest BCUT2D eigenvalue weighted by Gasteiger charge is -2.23. The van der Waals surface area contributed by atoms with Gasteiger partial charge in [0.1, 0.15) is 11.2 Å². The number of rotatable bonds is 15. The molecule has 0 amide bonds. The summed E-state index contributed by atoms with van der Waals surface area (Å²) in [6, 6.07) is 38.9. The highest BCUT2D eigenvalue weighted by Crippen LogP contribution is 2.34. The van der Waals surface area contributed by atoms with E-state index in [0.29, 0.717) is 22.1 Å². The number of pyridine rings is 2. The van der Waals surface area contributed by atoms with Gasteiger partial charge < -0.3 is 18.9 Å². The molecule has 11 heteroatoms. The maximum absolute atomic E-state index is 12.3. The van der Waals surface area contributed by atoms with E-state index in [1.54, 1.807) is 20.4 Å². The maximum atomic E-state index is 12.3. The third kappa shape index (κ3) is 41.5. The van der Waals surface area contributed by atoms with Gasteiger partial charge in [-0.15, -0.1) is 0 Å². The van der Waals surface area contributed by atoms with Crippen LogP contribution in [0.25, 0.3) is 0 Å². The minimum absolute atomic E-state index is 0.0222. The number of allylic oxidation sites excluding steroid dienone is 2. The van der Waals surface area contributed by atoms with Gasteiger partial charge in [-0.3, -0.25) is 19.6 Å². The van der Waals surface area contributed by atoms with Crippen LogP contribution in [0, 0.1) is 16.2 Å². The number of nitrogens with zero attached hydrogens (tertiary/aromatic N) is 2. The van der Waals surface area contributed by atoms with E-state index < -0.39 is 11.2 Å². The molecule has 0 bridgehead atoms. The highest BCUT2D eigenvalue weighted by Gasteiger charge is 2.27. The number of benzene rings is 4. The average Bonchev–Trinajstić information content (AvgIpc) is 0.868. The van der Waals surface area contributed by atoms with Gasteiger partial charge in [-0.2, -0.15) is 11.8 Å². The van der Waals surface area contributed by atoms with Crippen LogP contribution in [-0.4, -0.2) is 61.9 Å². The second-order valence-corrected chi connectivity index (χ2v) is 40.4. The molecule has 560 valence electrons. The SMILES string of the molecule is C=C(Cc1ccccc1C(C)(C)C)OC.C=C(Cc1cccnc1C(C)(C)C)OC.CC(C)(C)Cc1ccccc1C(=O)OC(C)(C)C.CC(C)(C)Cc1ccccc1C(=O)SC(C)(C)C.CC(C)(C)Cc1ccccc1CSC(C)(C)C.CC(C)(C)OC(=O)Cc1ccncc1C(C)(C)C. The van der Waals surface area contributed by atoms with E-state index in [9.17, 15) is 14.4 Å². The predicted octanol–water partition coefficient (Wildman–Crippen LogP) is 24.5. The Morgan fingerprint density at radius 3 is 1.23 bits per heavy atom. The van der Waals surface area contributed by atoms with Crippen LogP contribution in [-0.2, 0) is 84.3 Å². The number of carbonyl (C=O) groups is 3. The molecule has 0 unspecified atom stereocenters. The lowest BCUT2D eigenvalue weighted by Crippen LogP contribution is -2.26. The molecule has 2 aromatic heterocycles. The normalized spacial score (nSPS) is 12.1. The summed E-state index contributed by atoms with van der Waals surface area (Å²) in [5, 5.41) is 0.183. The Kier molecular flexibility index (Phi) is 36.7. The molecule has 9 nitrogen and oxygen atoms in total. The number of ether oxygens (including phenoxy) is 4. The number of hydrogen-bond acceptors (Lipinski definition) is 11. The van der Waals surface area contributed by atoms with Crippen molar-refractivity contribution in [2.75, 3.05) is 14.2 Å². The van der Waals surface area contributed by atoms with Gasteiger partial charge in [0.25, 0.3) is 0 Å². The van der Waals surface area contributed by atoms with E-state index in [0.717, 1.165) is 82.9 Å². The first-order valence-corrected chi connectivity index (χ1v) is 37.6. The zero-order chi connectivity index (χ0) is 78.0.